The Morgan fingerprint density at radius 1 is 1.43 bits per heavy atom. The van der Waals surface area contributed by atoms with E-state index in [4.69, 9.17) is 24.7 Å². The second-order valence-corrected chi connectivity index (χ2v) is 0.250. The van der Waals surface area contributed by atoms with E-state index in [1.165, 1.54) is 0 Å². The molecule has 0 unspecified atom stereocenters. The molecule has 0 fully saturated rings. The zero-order valence-electron chi connectivity index (χ0n) is 3.81. The van der Waals surface area contributed by atoms with Crippen LogP contribution in [-0.2, 0) is 17.3 Å². The maximum absolute atomic E-state index is 8.33. The van der Waals surface area contributed by atoms with Crippen LogP contribution in [0, 0.1) is 0 Å². The maximum Gasteiger partial charge on any atom is 1.00 e. The molecule has 32 valence electrons. The van der Waals surface area contributed by atoms with E-state index in [1.54, 1.807) is 0 Å². The van der Waals surface area contributed by atoms with Crippen molar-refractivity contribution in [3.8, 4) is 0 Å². The van der Waals surface area contributed by atoms with Crippen LogP contribution in [0.3, 0.4) is 0 Å². The van der Waals surface area contributed by atoms with Gasteiger partial charge in [0, 0.05) is 0 Å². The minimum Gasteiger partial charge on any atom is 1.00 e. The summed E-state index contributed by atoms with van der Waals surface area (Å²) in [7, 11) is 4.76. The van der Waals surface area contributed by atoms with Crippen molar-refractivity contribution in [3.63, 3.8) is 0 Å². The Bertz CT molecular complexity index is 37.9. The molecule has 3 nitrogen and oxygen atoms in total. The molecular weight excluding hydrogens is 200 g/mol. The molecule has 0 rings (SSSR count). The molecular formula is CClKO3Zn. The predicted molar refractivity (Wildman–Crippen MR) is 11.2 cm³/mol. The van der Waals surface area contributed by atoms with Crippen LogP contribution in [-0.4, -0.2) is 6.16 Å². The van der Waals surface area contributed by atoms with Crippen LogP contribution < -0.4 is 61.6 Å². The van der Waals surface area contributed by atoms with Gasteiger partial charge in [-0.25, -0.2) is 0 Å². The third-order valence-electron chi connectivity index (χ3n) is 0. The number of hydrogen-bond donors (Lipinski definition) is 0. The fourth-order valence-corrected chi connectivity index (χ4v) is 0. The average molecular weight is 200 g/mol. The molecule has 0 aliphatic rings. The molecule has 0 N–H and O–H groups in total. The van der Waals surface area contributed by atoms with Gasteiger partial charge in [-0.1, -0.05) is 0 Å². The van der Waals surface area contributed by atoms with Gasteiger partial charge in [0.15, 0.2) is 0 Å². The average Bonchev–Trinajstić information content (AvgIpc) is 1.41. The van der Waals surface area contributed by atoms with Gasteiger partial charge in [-0.15, -0.1) is 0 Å². The first-order chi connectivity index (χ1) is 2.73. The van der Waals surface area contributed by atoms with Crippen LogP contribution >= 0.6 is 9.69 Å². The van der Waals surface area contributed by atoms with Gasteiger partial charge in [0.1, 0.15) is 0 Å². The summed E-state index contributed by atoms with van der Waals surface area (Å²) in [5.74, 6) is 0. The van der Waals surface area contributed by atoms with Crippen molar-refractivity contribution in [2.24, 2.45) is 0 Å². The Balaban J connectivity index is -0.0000000480. The first-order valence-corrected chi connectivity index (χ1v) is 4.78. The molecule has 0 heterocycles. The van der Waals surface area contributed by atoms with Crippen molar-refractivity contribution in [3.05, 3.63) is 0 Å². The minimum absolute atomic E-state index is 0. The molecule has 0 atom stereocenters. The van der Waals surface area contributed by atoms with E-state index in [0.29, 0.717) is 0 Å². The summed E-state index contributed by atoms with van der Waals surface area (Å²) >= 11 is 0.847. The second kappa shape index (κ2) is 15.7. The molecule has 0 aromatic rings. The molecule has 0 spiro atoms. The first kappa shape index (κ1) is 15.9. The van der Waals surface area contributed by atoms with Crippen molar-refractivity contribution >= 4 is 15.8 Å². The Morgan fingerprint density at radius 3 is 1.43 bits per heavy atom. The number of carbonyl (C=O) groups is 1. The van der Waals surface area contributed by atoms with E-state index in [-0.39, 0.29) is 51.4 Å². The topological polar surface area (TPSA) is 63.2 Å². The van der Waals surface area contributed by atoms with Gasteiger partial charge in [-0.3, -0.25) is 0 Å². The van der Waals surface area contributed by atoms with Gasteiger partial charge in [-0.05, 0) is 6.16 Å². The monoisotopic (exact) mass is 198 g/mol. The Kier molecular flexibility index (Phi) is 35.6. The number of carboxylic acid groups (broad SMARTS) is 2. The van der Waals surface area contributed by atoms with Crippen molar-refractivity contribution in [2.75, 3.05) is 0 Å². The van der Waals surface area contributed by atoms with E-state index in [0.717, 1.165) is 17.3 Å². The van der Waals surface area contributed by atoms with Crippen LogP contribution in [0.15, 0.2) is 0 Å². The Morgan fingerprint density at radius 2 is 1.43 bits per heavy atom. The van der Waals surface area contributed by atoms with Crippen molar-refractivity contribution in [1.82, 2.24) is 0 Å². The Labute approximate surface area is 97.6 Å². The standard InChI is InChI=1S/CH2O3.ClH.K.Zn/c2-1(3)4;;;/h(H2,2,3,4);1H;;/q;;+1;+2/p-3. The molecule has 0 aromatic heterocycles. The molecule has 0 aliphatic heterocycles. The van der Waals surface area contributed by atoms with Crippen LogP contribution in [0.1, 0.15) is 0 Å². The summed E-state index contributed by atoms with van der Waals surface area (Å²) in [5.41, 5.74) is 0. The van der Waals surface area contributed by atoms with E-state index in [9.17, 15) is 0 Å². The normalized spacial score (nSPS) is 4.43. The number of rotatable bonds is 0. The molecule has 7 heavy (non-hydrogen) atoms. The third kappa shape index (κ3) is 80.0. The van der Waals surface area contributed by atoms with Crippen LogP contribution in [0.5, 0.6) is 0 Å². The largest absolute Gasteiger partial charge is 1.00 e. The fraction of sp³-hybridized carbons (Fsp3) is 0. The predicted octanol–water partition coefficient (Wildman–Crippen LogP) is -4.76. The number of hydrogen-bond acceptors (Lipinski definition) is 3. The van der Waals surface area contributed by atoms with Crippen LogP contribution in [0.25, 0.3) is 0 Å². The molecule has 0 bridgehead atoms. The van der Waals surface area contributed by atoms with Gasteiger partial charge in [-0.2, -0.15) is 0 Å². The van der Waals surface area contributed by atoms with Gasteiger partial charge in [0.25, 0.3) is 0 Å². The van der Waals surface area contributed by atoms with E-state index in [1.807, 2.05) is 0 Å². The summed E-state index contributed by atoms with van der Waals surface area (Å²) < 4.78 is 0. The van der Waals surface area contributed by atoms with E-state index < -0.39 is 6.16 Å². The quantitative estimate of drug-likeness (QED) is 0.369. The maximum atomic E-state index is 8.33. The van der Waals surface area contributed by atoms with E-state index in [2.05, 4.69) is 0 Å². The molecule has 0 saturated heterocycles. The van der Waals surface area contributed by atoms with Crippen molar-refractivity contribution < 1.29 is 83.7 Å². The molecule has 0 saturated carbocycles. The first-order valence-electron chi connectivity index (χ1n) is 0.880. The summed E-state index contributed by atoms with van der Waals surface area (Å²) in [6, 6.07) is 0. The number of carbonyl (C=O) groups excluding carboxylic acids is 1. The minimum atomic E-state index is -2.33. The number of halogens is 1. The van der Waals surface area contributed by atoms with Crippen molar-refractivity contribution in [2.45, 2.75) is 0 Å². The molecule has 0 radical (unpaired) electrons. The van der Waals surface area contributed by atoms with Gasteiger partial charge >= 0.3 is 78.4 Å². The zero-order valence-corrected chi connectivity index (χ0v) is 10.7. The SMILES string of the molecule is O=C([O-])[O-].[Cl][Zn+].[K+]. The Hall–Kier alpha value is 1.82. The fourth-order valence-electron chi connectivity index (χ4n) is 0. The summed E-state index contributed by atoms with van der Waals surface area (Å²) in [4.78, 5) is 8.33. The third-order valence-corrected chi connectivity index (χ3v) is 0. The second-order valence-electron chi connectivity index (χ2n) is 0.250. The van der Waals surface area contributed by atoms with Gasteiger partial charge in [0.05, 0.1) is 0 Å². The van der Waals surface area contributed by atoms with Crippen molar-refractivity contribution in [1.29, 1.82) is 0 Å². The summed E-state index contributed by atoms with van der Waals surface area (Å²) in [5, 5.41) is 16.7. The molecule has 0 aromatic carbocycles. The van der Waals surface area contributed by atoms with Gasteiger partial charge < -0.3 is 15.0 Å². The van der Waals surface area contributed by atoms with Gasteiger partial charge in [0.2, 0.25) is 0 Å². The van der Waals surface area contributed by atoms with Crippen LogP contribution in [0.2, 0.25) is 0 Å². The van der Waals surface area contributed by atoms with Crippen LogP contribution in [0.4, 0.5) is 4.79 Å². The smallest absolute Gasteiger partial charge is 1.00 e. The molecule has 6 heteroatoms. The zero-order chi connectivity index (χ0) is 5.58. The summed E-state index contributed by atoms with van der Waals surface area (Å²) in [6.07, 6.45) is -2.33. The molecule has 0 aliphatic carbocycles. The molecule has 0 amide bonds. The van der Waals surface area contributed by atoms with E-state index >= 15 is 0 Å². The summed E-state index contributed by atoms with van der Waals surface area (Å²) in [6.45, 7) is 0.